The van der Waals surface area contributed by atoms with Gasteiger partial charge in [-0.25, -0.2) is 4.79 Å². The highest BCUT2D eigenvalue weighted by Crippen LogP contribution is 2.32. The van der Waals surface area contributed by atoms with Gasteiger partial charge in [-0.3, -0.25) is 5.10 Å². The Morgan fingerprint density at radius 2 is 2.19 bits per heavy atom. The van der Waals surface area contributed by atoms with Crippen molar-refractivity contribution in [2.75, 3.05) is 0 Å². The largest absolute Gasteiger partial charge is 0.507 e. The molecule has 0 saturated carbocycles. The van der Waals surface area contributed by atoms with Gasteiger partial charge in [-0.05, 0) is 18.2 Å². The van der Waals surface area contributed by atoms with Crippen molar-refractivity contribution < 1.29 is 15.0 Å². The smallest absolute Gasteiger partial charge is 0.339 e. The van der Waals surface area contributed by atoms with Crippen LogP contribution in [-0.4, -0.2) is 26.4 Å². The van der Waals surface area contributed by atoms with E-state index in [1.165, 1.54) is 12.3 Å². The highest BCUT2D eigenvalue weighted by atomic mass is 79.9. The van der Waals surface area contributed by atoms with Crippen LogP contribution in [0.1, 0.15) is 10.4 Å². The van der Waals surface area contributed by atoms with Gasteiger partial charge in [-0.15, -0.1) is 0 Å². The fourth-order valence-electron chi connectivity index (χ4n) is 1.36. The molecule has 2 rings (SSSR count). The lowest BCUT2D eigenvalue weighted by Crippen LogP contribution is -1.96. The van der Waals surface area contributed by atoms with Crippen LogP contribution in [0.3, 0.4) is 0 Å². The van der Waals surface area contributed by atoms with Gasteiger partial charge in [-0.1, -0.05) is 15.9 Å². The molecule has 5 nitrogen and oxygen atoms in total. The topological polar surface area (TPSA) is 86.2 Å². The summed E-state index contributed by atoms with van der Waals surface area (Å²) in [4.78, 5) is 10.9. The number of nitrogens with zero attached hydrogens (tertiary/aromatic N) is 1. The monoisotopic (exact) mass is 282 g/mol. The normalized spacial score (nSPS) is 10.3. The summed E-state index contributed by atoms with van der Waals surface area (Å²) in [6.07, 6.45) is 1.21. The first-order chi connectivity index (χ1) is 7.59. The van der Waals surface area contributed by atoms with E-state index >= 15 is 0 Å². The molecule has 82 valence electrons. The summed E-state index contributed by atoms with van der Waals surface area (Å²) in [6, 6.07) is 4.76. The number of nitrogens with one attached hydrogen (secondary N) is 1. The number of aromatic nitrogens is 2. The number of carboxylic acid groups (broad SMARTS) is 1. The van der Waals surface area contributed by atoms with Crippen LogP contribution in [0, 0.1) is 0 Å². The zero-order chi connectivity index (χ0) is 11.7. The summed E-state index contributed by atoms with van der Waals surface area (Å²) in [5, 5.41) is 24.8. The summed E-state index contributed by atoms with van der Waals surface area (Å²) < 4.78 is 0.742. The molecule has 0 amide bonds. The molecule has 1 heterocycles. The van der Waals surface area contributed by atoms with E-state index in [1.54, 1.807) is 12.1 Å². The molecule has 0 spiro atoms. The quantitative estimate of drug-likeness (QED) is 0.789. The van der Waals surface area contributed by atoms with Crippen molar-refractivity contribution in [3.63, 3.8) is 0 Å². The Balaban J connectivity index is 2.62. The SMILES string of the molecule is O=C(O)c1cn[nH]c1-c1cc(Br)ccc1O. The summed E-state index contributed by atoms with van der Waals surface area (Å²) in [5.74, 6) is -1.10. The number of carbonyl (C=O) groups is 1. The Morgan fingerprint density at radius 1 is 1.44 bits per heavy atom. The molecule has 1 aromatic carbocycles. The molecule has 0 saturated heterocycles. The number of aromatic hydroxyl groups is 1. The van der Waals surface area contributed by atoms with Crippen LogP contribution in [0.4, 0.5) is 0 Å². The molecular formula is C10H7BrN2O3. The minimum absolute atomic E-state index is 0.00468. The Morgan fingerprint density at radius 3 is 2.88 bits per heavy atom. The highest BCUT2D eigenvalue weighted by molar-refractivity contribution is 9.10. The molecule has 0 aliphatic heterocycles. The van der Waals surface area contributed by atoms with Gasteiger partial charge in [0.25, 0.3) is 0 Å². The van der Waals surface area contributed by atoms with E-state index in [-0.39, 0.29) is 17.0 Å². The number of phenolic OH excluding ortho intramolecular Hbond substituents is 1. The van der Waals surface area contributed by atoms with Gasteiger partial charge in [0.2, 0.25) is 0 Å². The van der Waals surface area contributed by atoms with Gasteiger partial charge in [-0.2, -0.15) is 5.10 Å². The van der Waals surface area contributed by atoms with E-state index in [0.717, 1.165) is 4.47 Å². The first-order valence-electron chi connectivity index (χ1n) is 4.35. The maximum Gasteiger partial charge on any atom is 0.339 e. The van der Waals surface area contributed by atoms with Crippen LogP contribution < -0.4 is 0 Å². The van der Waals surface area contributed by atoms with Crippen LogP contribution in [0.15, 0.2) is 28.9 Å². The van der Waals surface area contributed by atoms with Crippen LogP contribution in [0.5, 0.6) is 5.75 Å². The van der Waals surface area contributed by atoms with Gasteiger partial charge in [0.1, 0.15) is 11.3 Å². The number of benzene rings is 1. The first-order valence-corrected chi connectivity index (χ1v) is 5.14. The number of hydrogen-bond acceptors (Lipinski definition) is 3. The molecule has 2 aromatic rings. The Kier molecular flexibility index (Phi) is 2.66. The van der Waals surface area contributed by atoms with Crippen molar-refractivity contribution >= 4 is 21.9 Å². The number of carboxylic acids is 1. The molecular weight excluding hydrogens is 276 g/mol. The van der Waals surface area contributed by atoms with Crippen LogP contribution >= 0.6 is 15.9 Å². The van der Waals surface area contributed by atoms with Gasteiger partial charge in [0.15, 0.2) is 0 Å². The molecule has 6 heteroatoms. The number of aromatic carboxylic acids is 1. The lowest BCUT2D eigenvalue weighted by Gasteiger charge is -2.03. The van der Waals surface area contributed by atoms with Gasteiger partial charge < -0.3 is 10.2 Å². The molecule has 0 fully saturated rings. The standard InChI is InChI=1S/C10H7BrN2O3/c11-5-1-2-8(14)6(3-5)9-7(10(15)16)4-12-13-9/h1-4,14H,(H,12,13)(H,15,16). The van der Waals surface area contributed by atoms with Crippen molar-refractivity contribution in [1.29, 1.82) is 0 Å². The maximum absolute atomic E-state index is 10.9. The van der Waals surface area contributed by atoms with Crippen molar-refractivity contribution in [2.45, 2.75) is 0 Å². The summed E-state index contributed by atoms with van der Waals surface area (Å²) in [5.41, 5.74) is 0.698. The highest BCUT2D eigenvalue weighted by Gasteiger charge is 2.16. The van der Waals surface area contributed by atoms with E-state index in [2.05, 4.69) is 26.1 Å². The maximum atomic E-state index is 10.9. The Bertz CT molecular complexity index is 551. The summed E-state index contributed by atoms with van der Waals surface area (Å²) >= 11 is 3.25. The van der Waals surface area contributed by atoms with Gasteiger partial charge in [0, 0.05) is 10.0 Å². The molecule has 3 N–H and O–H groups in total. The van der Waals surface area contributed by atoms with Crippen molar-refractivity contribution in [3.05, 3.63) is 34.4 Å². The van der Waals surface area contributed by atoms with E-state index in [4.69, 9.17) is 5.11 Å². The van der Waals surface area contributed by atoms with E-state index in [9.17, 15) is 9.90 Å². The van der Waals surface area contributed by atoms with Crippen molar-refractivity contribution in [2.24, 2.45) is 0 Å². The molecule has 0 unspecified atom stereocenters. The first kappa shape index (κ1) is 10.7. The van der Waals surface area contributed by atoms with Gasteiger partial charge in [0.05, 0.1) is 11.9 Å². The van der Waals surface area contributed by atoms with Crippen LogP contribution in [0.25, 0.3) is 11.3 Å². The van der Waals surface area contributed by atoms with Gasteiger partial charge >= 0.3 is 5.97 Å². The second kappa shape index (κ2) is 3.97. The Hall–Kier alpha value is -1.82. The van der Waals surface area contributed by atoms with E-state index < -0.39 is 5.97 Å². The zero-order valence-electron chi connectivity index (χ0n) is 7.94. The number of aromatic amines is 1. The predicted molar refractivity (Wildman–Crippen MR) is 60.3 cm³/mol. The fraction of sp³-hybridized carbons (Fsp3) is 0. The summed E-state index contributed by atoms with van der Waals surface area (Å²) in [6.45, 7) is 0. The average Bonchev–Trinajstić information content (AvgIpc) is 2.70. The van der Waals surface area contributed by atoms with E-state index in [0.29, 0.717) is 5.56 Å². The second-order valence-corrected chi connectivity index (χ2v) is 4.04. The number of phenols is 1. The lowest BCUT2D eigenvalue weighted by molar-refractivity contribution is 0.0698. The van der Waals surface area contributed by atoms with Crippen LogP contribution in [-0.2, 0) is 0 Å². The second-order valence-electron chi connectivity index (χ2n) is 3.13. The molecule has 16 heavy (non-hydrogen) atoms. The third kappa shape index (κ3) is 1.79. The van der Waals surface area contributed by atoms with E-state index in [1.807, 2.05) is 0 Å². The molecule has 0 aliphatic rings. The zero-order valence-corrected chi connectivity index (χ0v) is 9.52. The minimum Gasteiger partial charge on any atom is -0.507 e. The number of hydrogen-bond donors (Lipinski definition) is 3. The van der Waals surface area contributed by atoms with Crippen LogP contribution in [0.2, 0.25) is 0 Å². The number of halogens is 1. The molecule has 0 radical (unpaired) electrons. The predicted octanol–water partition coefficient (Wildman–Crippen LogP) is 2.24. The fourth-order valence-corrected chi connectivity index (χ4v) is 1.72. The molecule has 0 bridgehead atoms. The van der Waals surface area contributed by atoms with Crippen molar-refractivity contribution in [3.8, 4) is 17.0 Å². The molecule has 0 aliphatic carbocycles. The Labute approximate surface area is 98.9 Å². The third-order valence-electron chi connectivity index (χ3n) is 2.10. The molecule has 1 aromatic heterocycles. The number of H-pyrrole nitrogens is 1. The average molecular weight is 283 g/mol. The number of rotatable bonds is 2. The summed E-state index contributed by atoms with van der Waals surface area (Å²) in [7, 11) is 0. The van der Waals surface area contributed by atoms with Crippen molar-refractivity contribution in [1.82, 2.24) is 10.2 Å². The minimum atomic E-state index is -1.09. The molecule has 0 atom stereocenters. The lowest BCUT2D eigenvalue weighted by atomic mass is 10.1. The third-order valence-corrected chi connectivity index (χ3v) is 2.59.